The lowest BCUT2D eigenvalue weighted by Gasteiger charge is -2.25. The largest absolute Gasteiger partial charge is 0.460 e. The Kier molecular flexibility index (Phi) is 3.10. The van der Waals surface area contributed by atoms with E-state index in [-0.39, 0.29) is 5.56 Å². The number of fused-ring (bicyclic) bond motifs is 1. The van der Waals surface area contributed by atoms with Crippen molar-refractivity contribution in [1.82, 2.24) is 0 Å². The molecule has 1 atom stereocenters. The predicted octanol–water partition coefficient (Wildman–Crippen LogP) is 1.73. The molecule has 2 rings (SSSR count). The molecule has 0 radical (unpaired) electrons. The third kappa shape index (κ3) is 2.76. The Morgan fingerprint density at radius 3 is 2.63 bits per heavy atom. The number of hydrogen-bond donors (Lipinski definition) is 1. The topological polar surface area (TPSA) is 72.8 Å². The summed E-state index contributed by atoms with van der Waals surface area (Å²) in [6, 6.07) is 6.44. The van der Waals surface area contributed by atoms with E-state index in [0.29, 0.717) is 5.56 Å². The highest BCUT2D eigenvalue weighted by Gasteiger charge is 2.46. The first-order valence-electron chi connectivity index (χ1n) is 5.98. The maximum absolute atomic E-state index is 11.8. The van der Waals surface area contributed by atoms with Crippen LogP contribution in [0.5, 0.6) is 0 Å². The van der Waals surface area contributed by atoms with E-state index in [1.54, 1.807) is 45.0 Å². The first-order chi connectivity index (χ1) is 8.71. The van der Waals surface area contributed by atoms with Crippen molar-refractivity contribution in [2.75, 3.05) is 0 Å². The Morgan fingerprint density at radius 1 is 1.37 bits per heavy atom. The fraction of sp³-hybridized carbons (Fsp3) is 0.429. The van der Waals surface area contributed by atoms with Gasteiger partial charge in [-0.3, -0.25) is 4.79 Å². The Bertz CT molecular complexity index is 529. The molecule has 1 aliphatic rings. The van der Waals surface area contributed by atoms with Crippen molar-refractivity contribution >= 4 is 11.9 Å². The van der Waals surface area contributed by atoms with Gasteiger partial charge in [0.15, 0.2) is 0 Å². The third-order valence-electron chi connectivity index (χ3n) is 2.63. The molecule has 0 amide bonds. The van der Waals surface area contributed by atoms with Crippen LogP contribution < -0.4 is 0 Å². The van der Waals surface area contributed by atoms with Gasteiger partial charge in [0.05, 0.1) is 5.56 Å². The van der Waals surface area contributed by atoms with Gasteiger partial charge in [-0.05, 0) is 26.8 Å². The van der Waals surface area contributed by atoms with Gasteiger partial charge >= 0.3 is 11.9 Å². The van der Waals surface area contributed by atoms with Gasteiger partial charge in [-0.2, -0.15) is 0 Å². The summed E-state index contributed by atoms with van der Waals surface area (Å²) in [5.74, 6) is -3.20. The molecule has 1 unspecified atom stereocenters. The summed E-state index contributed by atoms with van der Waals surface area (Å²) in [4.78, 5) is 23.4. The van der Waals surface area contributed by atoms with Crippen LogP contribution >= 0.6 is 0 Å². The minimum atomic E-state index is -1.93. The van der Waals surface area contributed by atoms with E-state index in [2.05, 4.69) is 0 Å². The van der Waals surface area contributed by atoms with Crippen LogP contribution in [0, 0.1) is 0 Å². The molecule has 1 heterocycles. The van der Waals surface area contributed by atoms with E-state index in [1.165, 1.54) is 0 Å². The van der Waals surface area contributed by atoms with Crippen molar-refractivity contribution in [3.8, 4) is 0 Å². The van der Waals surface area contributed by atoms with Crippen LogP contribution in [0.25, 0.3) is 0 Å². The number of cyclic esters (lactones) is 1. The number of rotatable bonds is 2. The summed E-state index contributed by atoms with van der Waals surface area (Å²) in [6.45, 7) is 5.18. The van der Waals surface area contributed by atoms with Gasteiger partial charge in [0, 0.05) is 5.56 Å². The van der Waals surface area contributed by atoms with Gasteiger partial charge < -0.3 is 14.6 Å². The van der Waals surface area contributed by atoms with E-state index in [0.717, 1.165) is 0 Å². The molecule has 1 aromatic rings. The number of benzene rings is 1. The molecule has 0 aromatic heterocycles. The predicted molar refractivity (Wildman–Crippen MR) is 66.2 cm³/mol. The maximum Gasteiger partial charge on any atom is 0.341 e. The first kappa shape index (κ1) is 13.5. The van der Waals surface area contributed by atoms with E-state index < -0.39 is 29.7 Å². The van der Waals surface area contributed by atoms with Crippen molar-refractivity contribution in [3.63, 3.8) is 0 Å². The van der Waals surface area contributed by atoms with Crippen LogP contribution in [0.4, 0.5) is 0 Å². The standard InChI is InChI=1S/C14H16O5/c1-13(2,3)18-11(15)8-14(17)10-7-5-4-6-9(10)12(16)19-14/h4-7,17H,8H2,1-3H3. The average molecular weight is 264 g/mol. The number of aliphatic hydroxyl groups is 1. The molecular formula is C14H16O5. The second kappa shape index (κ2) is 4.35. The van der Waals surface area contributed by atoms with Crippen molar-refractivity contribution in [1.29, 1.82) is 0 Å². The summed E-state index contributed by atoms with van der Waals surface area (Å²) in [5.41, 5.74) is -0.0883. The molecule has 0 bridgehead atoms. The molecule has 0 saturated heterocycles. The number of ether oxygens (including phenoxy) is 2. The van der Waals surface area contributed by atoms with E-state index in [4.69, 9.17) is 9.47 Å². The summed E-state index contributed by atoms with van der Waals surface area (Å²) in [6.07, 6.45) is -0.424. The molecule has 0 aliphatic carbocycles. The second-order valence-electron chi connectivity index (χ2n) is 5.48. The number of esters is 2. The van der Waals surface area contributed by atoms with Gasteiger partial charge in [-0.25, -0.2) is 4.79 Å². The molecule has 0 spiro atoms. The van der Waals surface area contributed by atoms with E-state index >= 15 is 0 Å². The van der Waals surface area contributed by atoms with Gasteiger partial charge in [-0.15, -0.1) is 0 Å². The molecule has 5 nitrogen and oxygen atoms in total. The first-order valence-corrected chi connectivity index (χ1v) is 5.98. The number of carbonyl (C=O) groups excluding carboxylic acids is 2. The SMILES string of the molecule is CC(C)(C)OC(=O)CC1(O)OC(=O)c2ccccc21. The van der Waals surface area contributed by atoms with Crippen LogP contribution in [0.15, 0.2) is 24.3 Å². The minimum absolute atomic E-state index is 0.272. The zero-order chi connectivity index (χ0) is 14.3. The molecule has 102 valence electrons. The Labute approximate surface area is 111 Å². The molecule has 1 N–H and O–H groups in total. The van der Waals surface area contributed by atoms with Crippen LogP contribution in [-0.4, -0.2) is 22.6 Å². The number of carbonyl (C=O) groups is 2. The molecule has 0 saturated carbocycles. The Balaban J connectivity index is 2.22. The van der Waals surface area contributed by atoms with Crippen molar-refractivity contribution in [2.45, 2.75) is 38.6 Å². The summed E-state index contributed by atoms with van der Waals surface area (Å²) >= 11 is 0. The highest BCUT2D eigenvalue weighted by molar-refractivity contribution is 5.95. The van der Waals surface area contributed by atoms with Gasteiger partial charge in [-0.1, -0.05) is 18.2 Å². The zero-order valence-electron chi connectivity index (χ0n) is 11.1. The zero-order valence-corrected chi connectivity index (χ0v) is 11.1. The van der Waals surface area contributed by atoms with Crippen molar-refractivity contribution in [2.24, 2.45) is 0 Å². The van der Waals surface area contributed by atoms with Crippen LogP contribution in [0.1, 0.15) is 43.1 Å². The molecule has 5 heteroatoms. The lowest BCUT2D eigenvalue weighted by atomic mass is 10.00. The van der Waals surface area contributed by atoms with Crippen LogP contribution in [0.2, 0.25) is 0 Å². The molecule has 1 aromatic carbocycles. The average Bonchev–Trinajstić information content (AvgIpc) is 2.49. The fourth-order valence-corrected chi connectivity index (χ4v) is 1.97. The van der Waals surface area contributed by atoms with Crippen molar-refractivity contribution < 1.29 is 24.2 Å². The second-order valence-corrected chi connectivity index (χ2v) is 5.48. The summed E-state index contributed by atoms with van der Waals surface area (Å²) in [5, 5.41) is 10.3. The fourth-order valence-electron chi connectivity index (χ4n) is 1.97. The summed E-state index contributed by atoms with van der Waals surface area (Å²) < 4.78 is 10.0. The van der Waals surface area contributed by atoms with E-state index in [1.807, 2.05) is 0 Å². The number of hydrogen-bond acceptors (Lipinski definition) is 5. The van der Waals surface area contributed by atoms with Crippen molar-refractivity contribution in [3.05, 3.63) is 35.4 Å². The summed E-state index contributed by atoms with van der Waals surface area (Å²) in [7, 11) is 0. The molecule has 0 fully saturated rings. The van der Waals surface area contributed by atoms with E-state index in [9.17, 15) is 14.7 Å². The quantitative estimate of drug-likeness (QED) is 0.823. The van der Waals surface area contributed by atoms with Crippen LogP contribution in [-0.2, 0) is 20.1 Å². The lowest BCUT2D eigenvalue weighted by Crippen LogP contribution is -2.33. The molecular weight excluding hydrogens is 248 g/mol. The Morgan fingerprint density at radius 2 is 2.00 bits per heavy atom. The van der Waals surface area contributed by atoms with Gasteiger partial charge in [0.25, 0.3) is 0 Å². The maximum atomic E-state index is 11.8. The molecule has 1 aliphatic heterocycles. The highest BCUT2D eigenvalue weighted by atomic mass is 16.7. The highest BCUT2D eigenvalue weighted by Crippen LogP contribution is 2.37. The normalized spacial score (nSPS) is 21.8. The Hall–Kier alpha value is -1.88. The monoisotopic (exact) mass is 264 g/mol. The van der Waals surface area contributed by atoms with Crippen LogP contribution in [0.3, 0.4) is 0 Å². The van der Waals surface area contributed by atoms with Gasteiger partial charge in [0.2, 0.25) is 5.79 Å². The van der Waals surface area contributed by atoms with Gasteiger partial charge in [0.1, 0.15) is 12.0 Å². The third-order valence-corrected chi connectivity index (χ3v) is 2.63. The molecule has 19 heavy (non-hydrogen) atoms. The minimum Gasteiger partial charge on any atom is -0.460 e. The lowest BCUT2D eigenvalue weighted by molar-refractivity contribution is -0.191. The smallest absolute Gasteiger partial charge is 0.341 e.